The van der Waals surface area contributed by atoms with Gasteiger partial charge in [-0.1, -0.05) is 19.9 Å². The molecule has 146 valence electrons. The molecule has 0 spiro atoms. The number of fused-ring (bicyclic) bond motifs is 1. The Kier molecular flexibility index (Phi) is 5.34. The van der Waals surface area contributed by atoms with Crippen molar-refractivity contribution in [1.29, 1.82) is 0 Å². The van der Waals surface area contributed by atoms with Crippen molar-refractivity contribution in [3.8, 4) is 11.5 Å². The van der Waals surface area contributed by atoms with E-state index in [9.17, 15) is 13.6 Å². The largest absolute Gasteiger partial charge is 0.493 e. The van der Waals surface area contributed by atoms with Gasteiger partial charge in [0.2, 0.25) is 0 Å². The molecule has 8 heteroatoms. The summed E-state index contributed by atoms with van der Waals surface area (Å²) in [6.45, 7) is 1.90. The molecule has 0 saturated carbocycles. The molecule has 0 fully saturated rings. The molecule has 0 aliphatic carbocycles. The molecule has 0 unspecified atom stereocenters. The Morgan fingerprint density at radius 2 is 2.04 bits per heavy atom. The lowest BCUT2D eigenvalue weighted by molar-refractivity contribution is -0.0516. The number of imidazole rings is 1. The molecule has 2 heterocycles. The molecular weight excluding hydrogens is 356 g/mol. The molecule has 27 heavy (non-hydrogen) atoms. The number of methoxy groups -OCH3 is 1. The van der Waals surface area contributed by atoms with Crippen molar-refractivity contribution in [1.82, 2.24) is 14.5 Å². The third kappa shape index (κ3) is 3.61. The normalized spacial score (nSPS) is 13.9. The van der Waals surface area contributed by atoms with E-state index in [1.807, 2.05) is 7.05 Å². The van der Waals surface area contributed by atoms with Crippen LogP contribution < -0.4 is 9.47 Å². The molecule has 0 N–H and O–H groups in total. The van der Waals surface area contributed by atoms with Crippen molar-refractivity contribution in [2.24, 2.45) is 7.05 Å². The predicted octanol–water partition coefficient (Wildman–Crippen LogP) is 3.35. The summed E-state index contributed by atoms with van der Waals surface area (Å²) in [6, 6.07) is 4.53. The molecule has 1 aliphatic heterocycles. The van der Waals surface area contributed by atoms with E-state index in [1.54, 1.807) is 11.0 Å². The summed E-state index contributed by atoms with van der Waals surface area (Å²) in [5.41, 5.74) is 2.01. The van der Waals surface area contributed by atoms with E-state index in [0.717, 1.165) is 17.2 Å². The van der Waals surface area contributed by atoms with E-state index in [4.69, 9.17) is 4.74 Å². The number of rotatable bonds is 5. The van der Waals surface area contributed by atoms with Gasteiger partial charge >= 0.3 is 6.61 Å². The van der Waals surface area contributed by atoms with Crippen LogP contribution in [-0.2, 0) is 20.0 Å². The first kappa shape index (κ1) is 19.1. The summed E-state index contributed by atoms with van der Waals surface area (Å²) >= 11 is 0. The third-order valence-corrected chi connectivity index (χ3v) is 4.73. The van der Waals surface area contributed by atoms with Gasteiger partial charge in [0.15, 0.2) is 11.5 Å². The average molecular weight is 379 g/mol. The fourth-order valence-corrected chi connectivity index (χ4v) is 3.46. The smallest absolute Gasteiger partial charge is 0.387 e. The highest BCUT2D eigenvalue weighted by Gasteiger charge is 2.29. The highest BCUT2D eigenvalue weighted by atomic mass is 19.3. The van der Waals surface area contributed by atoms with Gasteiger partial charge in [-0.2, -0.15) is 8.78 Å². The van der Waals surface area contributed by atoms with Crippen LogP contribution in [0.2, 0.25) is 0 Å². The van der Waals surface area contributed by atoms with E-state index in [2.05, 4.69) is 28.1 Å². The second kappa shape index (κ2) is 7.54. The first-order chi connectivity index (χ1) is 12.8. The number of ether oxygens (including phenoxy) is 2. The minimum Gasteiger partial charge on any atom is -0.493 e. The van der Waals surface area contributed by atoms with Gasteiger partial charge in [0.05, 0.1) is 24.9 Å². The molecular formula is C19H23F2N3O3. The van der Waals surface area contributed by atoms with Crippen LogP contribution in [0, 0.1) is 0 Å². The fraction of sp³-hybridized carbons (Fsp3) is 0.474. The van der Waals surface area contributed by atoms with Gasteiger partial charge in [0.1, 0.15) is 5.82 Å². The van der Waals surface area contributed by atoms with Crippen LogP contribution in [0.1, 0.15) is 47.3 Å². The van der Waals surface area contributed by atoms with Crippen molar-refractivity contribution in [2.45, 2.75) is 39.3 Å². The van der Waals surface area contributed by atoms with Crippen molar-refractivity contribution in [3.05, 3.63) is 41.0 Å². The maximum Gasteiger partial charge on any atom is 0.387 e. The van der Waals surface area contributed by atoms with Gasteiger partial charge in [-0.15, -0.1) is 0 Å². The highest BCUT2D eigenvalue weighted by molar-refractivity contribution is 5.98. The quantitative estimate of drug-likeness (QED) is 0.800. The number of alkyl halides is 2. The standard InChI is InChI=1S/C19H23F2N3O3/c1-11(2)17-22-13-10-24(9-8-14(13)23(17)3)18(25)12-6-5-7-15(26-4)16(12)27-19(20)21/h5-7,11,19H,8-10H2,1-4H3. The van der Waals surface area contributed by atoms with Gasteiger partial charge in [-0.3, -0.25) is 4.79 Å². The molecule has 0 atom stereocenters. The zero-order valence-corrected chi connectivity index (χ0v) is 15.8. The number of para-hydroxylation sites is 1. The summed E-state index contributed by atoms with van der Waals surface area (Å²) in [5, 5.41) is 0. The molecule has 1 aliphatic rings. The van der Waals surface area contributed by atoms with E-state index in [1.165, 1.54) is 19.2 Å². The van der Waals surface area contributed by atoms with Gasteiger partial charge in [-0.25, -0.2) is 4.98 Å². The Hall–Kier alpha value is -2.64. The van der Waals surface area contributed by atoms with E-state index < -0.39 is 6.61 Å². The summed E-state index contributed by atoms with van der Waals surface area (Å²) < 4.78 is 37.4. The molecule has 0 radical (unpaired) electrons. The lowest BCUT2D eigenvalue weighted by Crippen LogP contribution is -2.36. The van der Waals surface area contributed by atoms with Crippen molar-refractivity contribution < 1.29 is 23.0 Å². The number of hydrogen-bond donors (Lipinski definition) is 0. The second-order valence-electron chi connectivity index (χ2n) is 6.77. The average Bonchev–Trinajstić information content (AvgIpc) is 2.97. The molecule has 1 amide bonds. The number of carbonyl (C=O) groups is 1. The molecule has 0 bridgehead atoms. The van der Waals surface area contributed by atoms with Crippen LogP contribution >= 0.6 is 0 Å². The number of nitrogens with zero attached hydrogens (tertiary/aromatic N) is 3. The number of benzene rings is 1. The minimum absolute atomic E-state index is 0.0538. The Labute approximate surface area is 156 Å². The Bertz CT molecular complexity index is 849. The van der Waals surface area contributed by atoms with Crippen molar-refractivity contribution in [3.63, 3.8) is 0 Å². The molecule has 3 rings (SSSR count). The van der Waals surface area contributed by atoms with Gasteiger partial charge in [0, 0.05) is 31.6 Å². The Balaban J connectivity index is 1.91. The fourth-order valence-electron chi connectivity index (χ4n) is 3.46. The minimum atomic E-state index is -3.05. The zero-order valence-electron chi connectivity index (χ0n) is 15.8. The predicted molar refractivity (Wildman–Crippen MR) is 95.4 cm³/mol. The number of hydrogen-bond acceptors (Lipinski definition) is 4. The van der Waals surface area contributed by atoms with Crippen LogP contribution in [0.15, 0.2) is 18.2 Å². The van der Waals surface area contributed by atoms with E-state index in [-0.39, 0.29) is 28.9 Å². The molecule has 6 nitrogen and oxygen atoms in total. The van der Waals surface area contributed by atoms with Crippen LogP contribution in [0.5, 0.6) is 11.5 Å². The van der Waals surface area contributed by atoms with Gasteiger partial charge < -0.3 is 18.9 Å². The summed E-state index contributed by atoms with van der Waals surface area (Å²) in [7, 11) is 3.33. The highest BCUT2D eigenvalue weighted by Crippen LogP contribution is 2.34. The lowest BCUT2D eigenvalue weighted by Gasteiger charge is -2.27. The second-order valence-corrected chi connectivity index (χ2v) is 6.77. The first-order valence-electron chi connectivity index (χ1n) is 8.78. The summed E-state index contributed by atoms with van der Waals surface area (Å²) in [5.74, 6) is 0.715. The monoisotopic (exact) mass is 379 g/mol. The lowest BCUT2D eigenvalue weighted by atomic mass is 10.1. The van der Waals surface area contributed by atoms with Gasteiger partial charge in [-0.05, 0) is 12.1 Å². The topological polar surface area (TPSA) is 56.6 Å². The molecule has 1 aromatic carbocycles. The number of halogens is 2. The van der Waals surface area contributed by atoms with Crippen molar-refractivity contribution >= 4 is 5.91 Å². The van der Waals surface area contributed by atoms with Crippen LogP contribution in [0.3, 0.4) is 0 Å². The summed E-state index contributed by atoms with van der Waals surface area (Å²) in [6.07, 6.45) is 0.659. The van der Waals surface area contributed by atoms with E-state index in [0.29, 0.717) is 19.5 Å². The van der Waals surface area contributed by atoms with Crippen LogP contribution in [-0.4, -0.2) is 40.6 Å². The maximum absolute atomic E-state index is 13.0. The Morgan fingerprint density at radius 1 is 1.30 bits per heavy atom. The summed E-state index contributed by atoms with van der Waals surface area (Å²) in [4.78, 5) is 19.3. The third-order valence-electron chi connectivity index (χ3n) is 4.73. The van der Waals surface area contributed by atoms with E-state index >= 15 is 0 Å². The van der Waals surface area contributed by atoms with Crippen LogP contribution in [0.25, 0.3) is 0 Å². The molecule has 0 saturated heterocycles. The Morgan fingerprint density at radius 3 is 2.67 bits per heavy atom. The van der Waals surface area contributed by atoms with Crippen molar-refractivity contribution in [2.75, 3.05) is 13.7 Å². The zero-order chi connectivity index (χ0) is 19.7. The number of carbonyl (C=O) groups excluding carboxylic acids is 1. The first-order valence-corrected chi connectivity index (χ1v) is 8.78. The number of aromatic nitrogens is 2. The maximum atomic E-state index is 13.0. The van der Waals surface area contributed by atoms with Crippen LogP contribution in [0.4, 0.5) is 8.78 Å². The molecule has 2 aromatic rings. The molecule has 1 aromatic heterocycles. The SMILES string of the molecule is COc1cccc(C(=O)N2CCc3c(nc(C(C)C)n3C)C2)c1OC(F)F. The number of amides is 1. The van der Waals surface area contributed by atoms with Gasteiger partial charge in [0.25, 0.3) is 5.91 Å².